The highest BCUT2D eigenvalue weighted by atomic mass is 35.5. The molecule has 0 aliphatic heterocycles. The summed E-state index contributed by atoms with van der Waals surface area (Å²) < 4.78 is 31.4. The number of pyridine rings is 1. The van der Waals surface area contributed by atoms with Crippen LogP contribution in [0.4, 0.5) is 5.82 Å². The van der Waals surface area contributed by atoms with Crippen LogP contribution in [-0.2, 0) is 14.8 Å². The molecule has 0 atom stereocenters. The lowest BCUT2D eigenvalue weighted by molar-refractivity contribution is 0.117. The number of nitrogens with two attached hydrogens (primary N) is 1. The van der Waals surface area contributed by atoms with E-state index in [-0.39, 0.29) is 22.3 Å². The standard InChI is InChI=1S/C12H19ClN4O3S/c1-17(4-5-20-8-9-2-3-9)21(18,19)10-6-11(13)12(16-14)15-7-10/h6-7,9H,2-5,8,14H2,1H3,(H,15,16). The average molecular weight is 335 g/mol. The van der Waals surface area contributed by atoms with Crippen molar-refractivity contribution in [1.82, 2.24) is 9.29 Å². The number of hydrogen-bond acceptors (Lipinski definition) is 6. The van der Waals surface area contributed by atoms with E-state index in [0.717, 1.165) is 0 Å². The monoisotopic (exact) mass is 334 g/mol. The minimum Gasteiger partial charge on any atom is -0.380 e. The summed E-state index contributed by atoms with van der Waals surface area (Å²) in [4.78, 5) is 3.89. The highest BCUT2D eigenvalue weighted by Gasteiger charge is 2.23. The Labute approximate surface area is 129 Å². The number of likely N-dealkylation sites (N-methyl/N-ethyl adjacent to an activating group) is 1. The van der Waals surface area contributed by atoms with E-state index in [2.05, 4.69) is 10.4 Å². The number of nitrogens with one attached hydrogen (secondary N) is 1. The first-order valence-electron chi connectivity index (χ1n) is 6.61. The molecule has 118 valence electrons. The maximum atomic E-state index is 12.3. The van der Waals surface area contributed by atoms with Gasteiger partial charge in [0.2, 0.25) is 10.0 Å². The second-order valence-electron chi connectivity index (χ2n) is 4.99. The fourth-order valence-electron chi connectivity index (χ4n) is 1.70. The molecular weight excluding hydrogens is 316 g/mol. The van der Waals surface area contributed by atoms with E-state index in [1.807, 2.05) is 0 Å². The number of ether oxygens (including phenoxy) is 1. The van der Waals surface area contributed by atoms with Gasteiger partial charge in [-0.3, -0.25) is 0 Å². The van der Waals surface area contributed by atoms with Crippen molar-refractivity contribution in [2.45, 2.75) is 17.7 Å². The molecule has 7 nitrogen and oxygen atoms in total. The molecule has 1 aliphatic carbocycles. The van der Waals surface area contributed by atoms with Gasteiger partial charge in [0, 0.05) is 26.4 Å². The minimum atomic E-state index is -3.63. The molecule has 2 rings (SSSR count). The molecule has 1 aliphatic rings. The van der Waals surface area contributed by atoms with Crippen molar-refractivity contribution < 1.29 is 13.2 Å². The molecule has 0 bridgehead atoms. The Morgan fingerprint density at radius 2 is 2.29 bits per heavy atom. The Morgan fingerprint density at radius 1 is 1.57 bits per heavy atom. The van der Waals surface area contributed by atoms with Crippen LogP contribution in [0.2, 0.25) is 5.02 Å². The first-order valence-corrected chi connectivity index (χ1v) is 8.43. The topological polar surface area (TPSA) is 97.5 Å². The lowest BCUT2D eigenvalue weighted by atomic mass is 10.5. The first kappa shape index (κ1) is 16.4. The van der Waals surface area contributed by atoms with Crippen LogP contribution in [0.5, 0.6) is 0 Å². The smallest absolute Gasteiger partial charge is 0.244 e. The van der Waals surface area contributed by atoms with E-state index < -0.39 is 10.0 Å². The van der Waals surface area contributed by atoms with Gasteiger partial charge in [0.25, 0.3) is 0 Å². The maximum absolute atomic E-state index is 12.3. The van der Waals surface area contributed by atoms with Crippen molar-refractivity contribution in [1.29, 1.82) is 0 Å². The Bertz CT molecular complexity index is 592. The predicted molar refractivity (Wildman–Crippen MR) is 80.4 cm³/mol. The molecule has 0 unspecified atom stereocenters. The molecule has 1 aromatic rings. The summed E-state index contributed by atoms with van der Waals surface area (Å²) in [6.45, 7) is 1.36. The zero-order chi connectivity index (χ0) is 15.5. The van der Waals surface area contributed by atoms with Gasteiger partial charge in [-0.1, -0.05) is 11.6 Å². The molecule has 1 saturated carbocycles. The second kappa shape index (κ2) is 6.89. The van der Waals surface area contributed by atoms with Gasteiger partial charge in [-0.2, -0.15) is 4.31 Å². The van der Waals surface area contributed by atoms with Gasteiger partial charge in [-0.25, -0.2) is 19.2 Å². The number of halogens is 1. The van der Waals surface area contributed by atoms with Crippen molar-refractivity contribution in [2.75, 3.05) is 32.2 Å². The van der Waals surface area contributed by atoms with Crippen LogP contribution in [0.3, 0.4) is 0 Å². The van der Waals surface area contributed by atoms with Gasteiger partial charge in [0.15, 0.2) is 5.82 Å². The van der Waals surface area contributed by atoms with E-state index >= 15 is 0 Å². The Morgan fingerprint density at radius 3 is 2.86 bits per heavy atom. The molecule has 21 heavy (non-hydrogen) atoms. The van der Waals surface area contributed by atoms with Crippen LogP contribution in [0, 0.1) is 5.92 Å². The molecule has 0 aromatic carbocycles. The summed E-state index contributed by atoms with van der Waals surface area (Å²) in [6.07, 6.45) is 3.64. The number of hydrazine groups is 1. The molecule has 3 N–H and O–H groups in total. The number of aromatic nitrogens is 1. The van der Waals surface area contributed by atoms with Crippen LogP contribution in [0.1, 0.15) is 12.8 Å². The number of hydrogen-bond donors (Lipinski definition) is 2. The summed E-state index contributed by atoms with van der Waals surface area (Å²) in [7, 11) is -2.13. The number of rotatable bonds is 8. The third-order valence-electron chi connectivity index (χ3n) is 3.26. The molecule has 1 fully saturated rings. The molecule has 0 amide bonds. The van der Waals surface area contributed by atoms with Crippen molar-refractivity contribution >= 4 is 27.4 Å². The highest BCUT2D eigenvalue weighted by molar-refractivity contribution is 7.89. The Kier molecular flexibility index (Phi) is 5.39. The maximum Gasteiger partial charge on any atom is 0.244 e. The quantitative estimate of drug-likeness (QED) is 0.419. The van der Waals surface area contributed by atoms with E-state index in [4.69, 9.17) is 22.2 Å². The average Bonchev–Trinajstić information content (AvgIpc) is 3.27. The van der Waals surface area contributed by atoms with Crippen LogP contribution >= 0.6 is 11.6 Å². The predicted octanol–water partition coefficient (Wildman–Crippen LogP) is 1.07. The van der Waals surface area contributed by atoms with Gasteiger partial charge in [-0.05, 0) is 24.8 Å². The molecule has 1 heterocycles. The molecule has 0 spiro atoms. The fourth-order valence-corrected chi connectivity index (χ4v) is 3.11. The normalized spacial score (nSPS) is 15.4. The lowest BCUT2D eigenvalue weighted by Crippen LogP contribution is -2.30. The van der Waals surface area contributed by atoms with Crippen LogP contribution in [-0.4, -0.2) is 44.5 Å². The third kappa shape index (κ3) is 4.27. The van der Waals surface area contributed by atoms with Crippen LogP contribution in [0.25, 0.3) is 0 Å². The third-order valence-corrected chi connectivity index (χ3v) is 5.37. The molecule has 9 heteroatoms. The van der Waals surface area contributed by atoms with Gasteiger partial charge in [-0.15, -0.1) is 0 Å². The largest absolute Gasteiger partial charge is 0.380 e. The van der Waals surface area contributed by atoms with E-state index in [1.165, 1.54) is 36.5 Å². The van der Waals surface area contributed by atoms with Gasteiger partial charge in [0.05, 0.1) is 11.6 Å². The summed E-state index contributed by atoms with van der Waals surface area (Å²) in [5.74, 6) is 6.09. The summed E-state index contributed by atoms with van der Waals surface area (Å²) in [5.41, 5.74) is 2.29. The van der Waals surface area contributed by atoms with E-state index in [1.54, 1.807) is 0 Å². The van der Waals surface area contributed by atoms with Crippen molar-refractivity contribution in [3.63, 3.8) is 0 Å². The number of nitrogens with zero attached hydrogens (tertiary/aromatic N) is 2. The Hall–Kier alpha value is -0.930. The van der Waals surface area contributed by atoms with Crippen molar-refractivity contribution in [2.24, 2.45) is 11.8 Å². The van der Waals surface area contributed by atoms with Crippen molar-refractivity contribution in [3.8, 4) is 0 Å². The molecular formula is C12H19ClN4O3S. The van der Waals surface area contributed by atoms with E-state index in [0.29, 0.717) is 19.1 Å². The summed E-state index contributed by atoms with van der Waals surface area (Å²) in [5, 5.41) is 0.150. The van der Waals surface area contributed by atoms with Gasteiger partial charge < -0.3 is 10.2 Å². The summed E-state index contributed by atoms with van der Waals surface area (Å²) >= 11 is 5.90. The zero-order valence-corrected chi connectivity index (χ0v) is 13.3. The minimum absolute atomic E-state index is 0.0243. The number of anilines is 1. The number of sulfonamides is 1. The molecule has 1 aromatic heterocycles. The van der Waals surface area contributed by atoms with Crippen LogP contribution in [0.15, 0.2) is 17.2 Å². The lowest BCUT2D eigenvalue weighted by Gasteiger charge is -2.17. The van der Waals surface area contributed by atoms with Gasteiger partial charge in [0.1, 0.15) is 4.90 Å². The van der Waals surface area contributed by atoms with Crippen LogP contribution < -0.4 is 11.3 Å². The first-order chi connectivity index (χ1) is 9.95. The zero-order valence-electron chi connectivity index (χ0n) is 11.8. The Balaban J connectivity index is 1.96. The SMILES string of the molecule is CN(CCOCC1CC1)S(=O)(=O)c1cnc(NN)c(Cl)c1. The van der Waals surface area contributed by atoms with E-state index in [9.17, 15) is 8.42 Å². The second-order valence-corrected chi connectivity index (χ2v) is 7.44. The molecule has 0 radical (unpaired) electrons. The van der Waals surface area contributed by atoms with Crippen molar-refractivity contribution in [3.05, 3.63) is 17.3 Å². The highest BCUT2D eigenvalue weighted by Crippen LogP contribution is 2.28. The van der Waals surface area contributed by atoms with Gasteiger partial charge >= 0.3 is 0 Å². The molecule has 0 saturated heterocycles. The fraction of sp³-hybridized carbons (Fsp3) is 0.583. The summed E-state index contributed by atoms with van der Waals surface area (Å²) in [6, 6.07) is 1.32. The number of nitrogen functional groups attached to an aromatic ring is 1.